The maximum atomic E-state index is 10.6. The van der Waals surface area contributed by atoms with E-state index in [4.69, 9.17) is 4.74 Å². The molecule has 0 spiro atoms. The molecule has 0 aliphatic carbocycles. The lowest BCUT2D eigenvalue weighted by atomic mass is 10.1. The van der Waals surface area contributed by atoms with Gasteiger partial charge in [-0.3, -0.25) is 4.79 Å². The molecular formula is C15H18O2. The lowest BCUT2D eigenvalue weighted by Crippen LogP contribution is -1.89. The highest BCUT2D eigenvalue weighted by Gasteiger charge is 2.00. The minimum Gasteiger partial charge on any atom is -0.465 e. The number of hydrogen-bond donors (Lipinski definition) is 0. The Morgan fingerprint density at radius 1 is 1.53 bits per heavy atom. The van der Waals surface area contributed by atoms with E-state index in [0.29, 0.717) is 17.2 Å². The zero-order chi connectivity index (χ0) is 12.7. The van der Waals surface area contributed by atoms with Gasteiger partial charge in [-0.25, -0.2) is 0 Å². The first kappa shape index (κ1) is 13.2. The van der Waals surface area contributed by atoms with Gasteiger partial charge >= 0.3 is 0 Å². The molecule has 0 radical (unpaired) electrons. The number of rotatable bonds is 6. The van der Waals surface area contributed by atoms with Crippen molar-refractivity contribution in [1.82, 2.24) is 0 Å². The number of carbonyl (C=O) groups excluding carboxylic acids is 1. The number of ether oxygens (including phenoxy) is 1. The lowest BCUT2D eigenvalue weighted by molar-refractivity contribution is 0.112. The molecule has 17 heavy (non-hydrogen) atoms. The van der Waals surface area contributed by atoms with E-state index in [-0.39, 0.29) is 0 Å². The van der Waals surface area contributed by atoms with Crippen molar-refractivity contribution in [1.29, 1.82) is 0 Å². The third-order valence-corrected chi connectivity index (χ3v) is 2.61. The van der Waals surface area contributed by atoms with Crippen molar-refractivity contribution < 1.29 is 9.53 Å². The summed E-state index contributed by atoms with van der Waals surface area (Å²) in [5, 5.41) is 0. The molecule has 1 aromatic rings. The monoisotopic (exact) mass is 230 g/mol. The van der Waals surface area contributed by atoms with Crippen molar-refractivity contribution in [2.24, 2.45) is 5.92 Å². The lowest BCUT2D eigenvalue weighted by Gasteiger charge is -2.06. The summed E-state index contributed by atoms with van der Waals surface area (Å²) in [4.78, 5) is 10.6. The van der Waals surface area contributed by atoms with E-state index >= 15 is 0 Å². The van der Waals surface area contributed by atoms with Gasteiger partial charge in [-0.05, 0) is 24.5 Å². The molecule has 1 unspecified atom stereocenters. The Labute approximate surface area is 103 Å². The summed E-state index contributed by atoms with van der Waals surface area (Å²) in [5.41, 5.74) is 1.45. The number of allylic oxidation sites excluding steroid dienone is 1. The van der Waals surface area contributed by atoms with Crippen molar-refractivity contribution in [3.63, 3.8) is 0 Å². The van der Waals surface area contributed by atoms with E-state index in [0.717, 1.165) is 18.3 Å². The molecular weight excluding hydrogens is 212 g/mol. The Hall–Kier alpha value is -1.83. The standard InChI is InChI=1S/C15H18O2/c1-4-12(2)8-9-17-13(3)15-7-5-6-14(10-15)11-16/h5-12H,3-4H2,1-2H3/b9-8-. The summed E-state index contributed by atoms with van der Waals surface area (Å²) in [7, 11) is 0. The predicted octanol–water partition coefficient (Wildman–Crippen LogP) is 4.05. The van der Waals surface area contributed by atoms with Crippen molar-refractivity contribution in [2.75, 3.05) is 0 Å². The zero-order valence-electron chi connectivity index (χ0n) is 10.3. The fourth-order valence-corrected chi connectivity index (χ4v) is 1.25. The fourth-order valence-electron chi connectivity index (χ4n) is 1.25. The molecule has 0 saturated carbocycles. The van der Waals surface area contributed by atoms with Crippen LogP contribution in [0, 0.1) is 5.92 Å². The summed E-state index contributed by atoms with van der Waals surface area (Å²) < 4.78 is 5.41. The molecule has 2 heteroatoms. The Morgan fingerprint density at radius 3 is 2.94 bits per heavy atom. The first-order valence-electron chi connectivity index (χ1n) is 5.75. The second-order valence-corrected chi connectivity index (χ2v) is 4.00. The highest BCUT2D eigenvalue weighted by molar-refractivity contribution is 5.77. The van der Waals surface area contributed by atoms with Crippen LogP contribution in [0.2, 0.25) is 0 Å². The van der Waals surface area contributed by atoms with Gasteiger partial charge in [0.1, 0.15) is 12.0 Å². The number of aldehydes is 1. The Kier molecular flexibility index (Phi) is 5.21. The second kappa shape index (κ2) is 6.69. The molecule has 0 amide bonds. The molecule has 0 fully saturated rings. The molecule has 0 aliphatic heterocycles. The molecule has 1 aromatic carbocycles. The van der Waals surface area contributed by atoms with Gasteiger partial charge in [0.2, 0.25) is 0 Å². The minimum atomic E-state index is 0.490. The van der Waals surface area contributed by atoms with Crippen LogP contribution in [0.1, 0.15) is 36.2 Å². The normalized spacial score (nSPS) is 12.4. The maximum absolute atomic E-state index is 10.6. The molecule has 90 valence electrons. The topological polar surface area (TPSA) is 26.3 Å². The van der Waals surface area contributed by atoms with E-state index in [1.807, 2.05) is 18.2 Å². The minimum absolute atomic E-state index is 0.490. The summed E-state index contributed by atoms with van der Waals surface area (Å²) in [5.74, 6) is 1.04. The van der Waals surface area contributed by atoms with Gasteiger partial charge < -0.3 is 4.74 Å². The van der Waals surface area contributed by atoms with Crippen LogP contribution < -0.4 is 0 Å². The SMILES string of the molecule is C=C(O/C=C\C(C)CC)c1cccc(C=O)c1. The molecule has 1 rings (SSSR count). The average molecular weight is 230 g/mol. The molecule has 0 bridgehead atoms. The van der Waals surface area contributed by atoms with Crippen molar-refractivity contribution >= 4 is 12.0 Å². The van der Waals surface area contributed by atoms with Crippen LogP contribution in [-0.2, 0) is 4.74 Å². The first-order chi connectivity index (χ1) is 8.17. The van der Waals surface area contributed by atoms with Gasteiger partial charge in [0.25, 0.3) is 0 Å². The Balaban J connectivity index is 2.63. The highest BCUT2D eigenvalue weighted by atomic mass is 16.5. The summed E-state index contributed by atoms with van der Waals surface area (Å²) in [6.45, 7) is 8.08. The van der Waals surface area contributed by atoms with Gasteiger partial charge in [-0.1, -0.05) is 38.6 Å². The van der Waals surface area contributed by atoms with E-state index in [2.05, 4.69) is 20.4 Å². The van der Waals surface area contributed by atoms with Crippen LogP contribution in [0.25, 0.3) is 5.76 Å². The maximum Gasteiger partial charge on any atom is 0.150 e. The number of hydrogen-bond acceptors (Lipinski definition) is 2. The number of carbonyl (C=O) groups is 1. The van der Waals surface area contributed by atoms with Crippen LogP contribution in [0.4, 0.5) is 0 Å². The third-order valence-electron chi connectivity index (χ3n) is 2.61. The molecule has 0 N–H and O–H groups in total. The van der Waals surface area contributed by atoms with Gasteiger partial charge in [0.05, 0.1) is 6.26 Å². The Morgan fingerprint density at radius 2 is 2.29 bits per heavy atom. The first-order valence-corrected chi connectivity index (χ1v) is 5.75. The van der Waals surface area contributed by atoms with Crippen molar-refractivity contribution in [2.45, 2.75) is 20.3 Å². The molecule has 0 aliphatic rings. The summed E-state index contributed by atoms with van der Waals surface area (Å²) in [6.07, 6.45) is 5.54. The van der Waals surface area contributed by atoms with E-state index in [9.17, 15) is 4.79 Å². The summed E-state index contributed by atoms with van der Waals surface area (Å²) >= 11 is 0. The van der Waals surface area contributed by atoms with Crippen LogP contribution >= 0.6 is 0 Å². The van der Waals surface area contributed by atoms with Crippen LogP contribution in [-0.4, -0.2) is 6.29 Å². The van der Waals surface area contributed by atoms with Crippen molar-refractivity contribution in [3.05, 3.63) is 54.3 Å². The molecule has 0 saturated heterocycles. The van der Waals surface area contributed by atoms with Gasteiger partial charge in [0, 0.05) is 11.1 Å². The smallest absolute Gasteiger partial charge is 0.150 e. The zero-order valence-corrected chi connectivity index (χ0v) is 10.3. The van der Waals surface area contributed by atoms with E-state index < -0.39 is 0 Å². The molecule has 2 nitrogen and oxygen atoms in total. The van der Waals surface area contributed by atoms with Gasteiger partial charge in [-0.15, -0.1) is 0 Å². The van der Waals surface area contributed by atoms with Gasteiger partial charge in [-0.2, -0.15) is 0 Å². The highest BCUT2D eigenvalue weighted by Crippen LogP contribution is 2.15. The summed E-state index contributed by atoms with van der Waals surface area (Å²) in [6, 6.07) is 7.18. The number of benzene rings is 1. The quantitative estimate of drug-likeness (QED) is 0.544. The average Bonchev–Trinajstić information content (AvgIpc) is 2.38. The molecule has 1 atom stereocenters. The molecule has 0 aromatic heterocycles. The van der Waals surface area contributed by atoms with Crippen LogP contribution in [0.5, 0.6) is 0 Å². The van der Waals surface area contributed by atoms with E-state index in [1.54, 1.807) is 18.4 Å². The largest absolute Gasteiger partial charge is 0.465 e. The van der Waals surface area contributed by atoms with Crippen LogP contribution in [0.3, 0.4) is 0 Å². The fraction of sp³-hybridized carbons (Fsp3) is 0.267. The van der Waals surface area contributed by atoms with Crippen molar-refractivity contribution in [3.8, 4) is 0 Å². The predicted molar refractivity (Wildman–Crippen MR) is 70.5 cm³/mol. The van der Waals surface area contributed by atoms with Gasteiger partial charge in [0.15, 0.2) is 0 Å². The third kappa shape index (κ3) is 4.27. The second-order valence-electron chi connectivity index (χ2n) is 4.00. The molecule has 0 heterocycles. The van der Waals surface area contributed by atoms with E-state index in [1.165, 1.54) is 0 Å². The Bertz CT molecular complexity index is 419. The van der Waals surface area contributed by atoms with Crippen LogP contribution in [0.15, 0.2) is 43.2 Å².